The molecule has 0 aliphatic rings. The van der Waals surface area contributed by atoms with Gasteiger partial charge in [-0.15, -0.1) is 0 Å². The quantitative estimate of drug-likeness (QED) is 0.551. The van der Waals surface area contributed by atoms with Gasteiger partial charge in [0.15, 0.2) is 7.37 Å². The first-order valence-electron chi connectivity index (χ1n) is 2.05. The van der Waals surface area contributed by atoms with Crippen molar-refractivity contribution in [1.29, 1.82) is 0 Å². The van der Waals surface area contributed by atoms with Gasteiger partial charge in [-0.05, 0) is 13.3 Å². The minimum Gasteiger partial charge on any atom is -0.344 e. The zero-order chi connectivity index (χ0) is 5.91. The molecule has 0 aliphatic carbocycles. The summed E-state index contributed by atoms with van der Waals surface area (Å²) in [6.07, 6.45) is 0.525. The fourth-order valence-corrected chi connectivity index (χ4v) is 0.719. The van der Waals surface area contributed by atoms with Crippen molar-refractivity contribution < 1.29 is 9.46 Å². The van der Waals surface area contributed by atoms with Gasteiger partial charge in [0, 0.05) is 12.8 Å². The normalized spacial score (nSPS) is 18.7. The molecule has 0 spiro atoms. The first-order chi connectivity index (χ1) is 3.06. The summed E-state index contributed by atoms with van der Waals surface area (Å²) in [7, 11) is -2.79. The molecular formula is C4H9O2P. The molecule has 7 heavy (non-hydrogen) atoms. The summed E-state index contributed by atoms with van der Waals surface area (Å²) in [5.74, 6) is 0. The van der Waals surface area contributed by atoms with E-state index in [0.29, 0.717) is 6.42 Å². The summed E-state index contributed by atoms with van der Waals surface area (Å²) >= 11 is 0. The van der Waals surface area contributed by atoms with Crippen LogP contribution in [0.4, 0.5) is 0 Å². The Balaban J connectivity index is 3.36. The maximum atomic E-state index is 10.3. The number of hydrogen-bond acceptors (Lipinski definition) is 1. The van der Waals surface area contributed by atoms with Crippen molar-refractivity contribution in [1.82, 2.24) is 0 Å². The molecule has 0 aromatic heterocycles. The van der Waals surface area contributed by atoms with Crippen molar-refractivity contribution in [3.63, 3.8) is 0 Å². The van der Waals surface area contributed by atoms with Gasteiger partial charge in [0.1, 0.15) is 0 Å². The van der Waals surface area contributed by atoms with Crippen molar-refractivity contribution in [2.75, 3.05) is 12.8 Å². The Morgan fingerprint density at radius 3 is 2.29 bits per heavy atom. The van der Waals surface area contributed by atoms with E-state index in [0.717, 1.165) is 0 Å². The summed E-state index contributed by atoms with van der Waals surface area (Å²) < 4.78 is 10.3. The molecule has 1 unspecified atom stereocenters. The number of hydrogen-bond donors (Lipinski definition) is 1. The van der Waals surface area contributed by atoms with Crippen molar-refractivity contribution in [2.45, 2.75) is 6.42 Å². The first-order valence-corrected chi connectivity index (χ1v) is 4.35. The van der Waals surface area contributed by atoms with E-state index < -0.39 is 7.37 Å². The van der Waals surface area contributed by atoms with Gasteiger partial charge in [0.2, 0.25) is 0 Å². The zero-order valence-corrected chi connectivity index (χ0v) is 5.19. The van der Waals surface area contributed by atoms with Crippen LogP contribution in [-0.4, -0.2) is 17.7 Å². The Hall–Kier alpha value is 0.190. The van der Waals surface area contributed by atoms with Gasteiger partial charge in [-0.1, -0.05) is 0 Å². The summed E-state index contributed by atoms with van der Waals surface area (Å²) in [6, 6.07) is 0. The van der Waals surface area contributed by atoms with E-state index in [-0.39, 0.29) is 6.16 Å². The largest absolute Gasteiger partial charge is 0.344 e. The van der Waals surface area contributed by atoms with Gasteiger partial charge in [-0.2, -0.15) is 0 Å². The molecule has 0 heterocycles. The topological polar surface area (TPSA) is 37.3 Å². The van der Waals surface area contributed by atoms with Crippen LogP contribution in [0.2, 0.25) is 0 Å². The Bertz CT molecular complexity index is 83.7. The van der Waals surface area contributed by atoms with E-state index in [9.17, 15) is 4.57 Å². The van der Waals surface area contributed by atoms with Gasteiger partial charge in [0.25, 0.3) is 0 Å². The average Bonchev–Trinajstić information content (AvgIpc) is 1.30. The van der Waals surface area contributed by atoms with Crippen molar-refractivity contribution in [3.8, 4) is 0 Å². The second-order valence-corrected chi connectivity index (χ2v) is 4.11. The third-order valence-electron chi connectivity index (χ3n) is 0.544. The minimum atomic E-state index is -2.79. The lowest BCUT2D eigenvalue weighted by molar-refractivity contribution is 0.485. The van der Waals surface area contributed by atoms with Crippen LogP contribution in [0.15, 0.2) is 0 Å². The molecule has 0 saturated heterocycles. The van der Waals surface area contributed by atoms with E-state index in [1.165, 1.54) is 6.66 Å². The van der Waals surface area contributed by atoms with Crippen molar-refractivity contribution >= 4 is 7.37 Å². The molecule has 0 amide bonds. The van der Waals surface area contributed by atoms with E-state index >= 15 is 0 Å². The van der Waals surface area contributed by atoms with Gasteiger partial charge in [0.05, 0.1) is 0 Å². The highest BCUT2D eigenvalue weighted by atomic mass is 31.2. The smallest absolute Gasteiger partial charge is 0.197 e. The highest BCUT2D eigenvalue weighted by molar-refractivity contribution is 7.57. The summed E-state index contributed by atoms with van der Waals surface area (Å²) in [6.45, 7) is 6.29. The fraction of sp³-hybridized carbons (Fsp3) is 0.750. The third kappa shape index (κ3) is 6.19. The molecular weight excluding hydrogens is 111 g/mol. The second kappa shape index (κ2) is 2.49. The van der Waals surface area contributed by atoms with Crippen LogP contribution in [-0.2, 0) is 4.57 Å². The van der Waals surface area contributed by atoms with E-state index in [1.54, 1.807) is 0 Å². The van der Waals surface area contributed by atoms with Crippen LogP contribution in [0, 0.1) is 6.92 Å². The molecule has 2 nitrogen and oxygen atoms in total. The molecule has 2 radical (unpaired) electrons. The molecule has 0 aromatic carbocycles. The monoisotopic (exact) mass is 120 g/mol. The minimum absolute atomic E-state index is 0.229. The molecule has 0 aliphatic heterocycles. The Morgan fingerprint density at radius 2 is 2.29 bits per heavy atom. The van der Waals surface area contributed by atoms with E-state index in [4.69, 9.17) is 11.8 Å². The lowest BCUT2D eigenvalue weighted by atomic mass is 10.6. The van der Waals surface area contributed by atoms with Crippen LogP contribution in [0.5, 0.6) is 0 Å². The molecule has 0 bridgehead atoms. The predicted molar refractivity (Wildman–Crippen MR) is 29.5 cm³/mol. The molecule has 1 atom stereocenters. The van der Waals surface area contributed by atoms with Gasteiger partial charge in [-0.25, -0.2) is 0 Å². The maximum Gasteiger partial charge on any atom is 0.197 e. The molecule has 0 saturated carbocycles. The predicted octanol–water partition coefficient (Wildman–Crippen LogP) is 0.988. The second-order valence-electron chi connectivity index (χ2n) is 1.56. The van der Waals surface area contributed by atoms with Gasteiger partial charge in [-0.3, -0.25) is 4.57 Å². The van der Waals surface area contributed by atoms with Gasteiger partial charge >= 0.3 is 0 Å². The maximum absolute atomic E-state index is 10.3. The Morgan fingerprint density at radius 1 is 1.86 bits per heavy atom. The average molecular weight is 120 g/mol. The van der Waals surface area contributed by atoms with Crippen molar-refractivity contribution in [3.05, 3.63) is 6.92 Å². The number of rotatable bonds is 2. The van der Waals surface area contributed by atoms with Crippen LogP contribution >= 0.6 is 7.37 Å². The Kier molecular flexibility index (Phi) is 2.55. The first kappa shape index (κ1) is 7.19. The molecule has 3 heteroatoms. The SMILES string of the molecule is [CH]CCP(C)(=O)O. The standard InChI is InChI=1S/C4H9O2P/c1-3-4-7(2,5)6/h1H,3-4H2,2H3,(H,5,6). The summed E-state index contributed by atoms with van der Waals surface area (Å²) in [4.78, 5) is 8.49. The van der Waals surface area contributed by atoms with Gasteiger partial charge < -0.3 is 4.89 Å². The third-order valence-corrected chi connectivity index (χ3v) is 1.63. The molecule has 42 valence electrons. The van der Waals surface area contributed by atoms with Crippen LogP contribution in [0.1, 0.15) is 6.42 Å². The lowest BCUT2D eigenvalue weighted by Gasteiger charge is -1.98. The van der Waals surface area contributed by atoms with Crippen LogP contribution in [0.3, 0.4) is 0 Å². The summed E-state index contributed by atoms with van der Waals surface area (Å²) in [5.41, 5.74) is 0. The van der Waals surface area contributed by atoms with Crippen molar-refractivity contribution in [2.24, 2.45) is 0 Å². The molecule has 0 rings (SSSR count). The van der Waals surface area contributed by atoms with E-state index in [1.807, 2.05) is 0 Å². The van der Waals surface area contributed by atoms with E-state index in [2.05, 4.69) is 0 Å². The molecule has 1 N–H and O–H groups in total. The summed E-state index contributed by atoms with van der Waals surface area (Å²) in [5, 5.41) is 0. The van der Waals surface area contributed by atoms with Crippen LogP contribution < -0.4 is 0 Å². The molecule has 0 aromatic rings. The molecule has 0 fully saturated rings. The van der Waals surface area contributed by atoms with Crippen LogP contribution in [0.25, 0.3) is 0 Å². The highest BCUT2D eigenvalue weighted by Gasteiger charge is 2.04. The highest BCUT2D eigenvalue weighted by Crippen LogP contribution is 2.34. The lowest BCUT2D eigenvalue weighted by Crippen LogP contribution is -1.81. The Labute approximate surface area is 44.0 Å². The zero-order valence-electron chi connectivity index (χ0n) is 4.29. The fourth-order valence-electron chi connectivity index (χ4n) is 0.240.